The lowest BCUT2D eigenvalue weighted by atomic mass is 9.96. The summed E-state index contributed by atoms with van der Waals surface area (Å²) in [5.41, 5.74) is 0.818. The maximum absolute atomic E-state index is 13.6. The number of ether oxygens (including phenoxy) is 3. The number of β-amino-alcohol motifs (C(OH)–C–C–N with tert-alkyl or cyclic N) is 1. The van der Waals surface area contributed by atoms with Crippen LogP contribution in [0.4, 0.5) is 0 Å². The second-order valence-electron chi connectivity index (χ2n) is 9.11. The van der Waals surface area contributed by atoms with Gasteiger partial charge in [0.2, 0.25) is 15.9 Å². The Kier molecular flexibility index (Phi) is 9.33. The van der Waals surface area contributed by atoms with Crippen LogP contribution in [-0.4, -0.2) is 75.0 Å². The molecule has 12 heteroatoms. The molecule has 202 valence electrons. The van der Waals surface area contributed by atoms with Crippen LogP contribution >= 0.6 is 23.2 Å². The maximum atomic E-state index is 13.6. The summed E-state index contributed by atoms with van der Waals surface area (Å²) in [7, 11) is -2.43. The molecule has 0 aliphatic carbocycles. The molecule has 4 atom stereocenters. The van der Waals surface area contributed by atoms with Crippen molar-refractivity contribution in [2.45, 2.75) is 55.1 Å². The lowest BCUT2D eigenvalue weighted by molar-refractivity contribution is -0.146. The highest BCUT2D eigenvalue weighted by molar-refractivity contribution is 7.89. The largest absolute Gasteiger partial charge is 0.497 e. The van der Waals surface area contributed by atoms with Gasteiger partial charge in [0.15, 0.2) is 0 Å². The molecular weight excluding hydrogens is 543 g/mol. The number of rotatable bonds is 7. The number of fused-ring (bicyclic) bond motifs is 1. The molecule has 2 heterocycles. The topological polar surface area (TPSA) is 114 Å². The minimum Gasteiger partial charge on any atom is -0.497 e. The van der Waals surface area contributed by atoms with Gasteiger partial charge in [0, 0.05) is 13.1 Å². The van der Waals surface area contributed by atoms with Gasteiger partial charge < -0.3 is 24.6 Å². The molecule has 9 nitrogen and oxygen atoms in total. The van der Waals surface area contributed by atoms with E-state index in [1.54, 1.807) is 30.3 Å². The Labute approximate surface area is 226 Å². The molecule has 0 spiro atoms. The van der Waals surface area contributed by atoms with Crippen molar-refractivity contribution in [3.8, 4) is 5.75 Å². The van der Waals surface area contributed by atoms with Crippen LogP contribution in [0, 0.1) is 0 Å². The summed E-state index contributed by atoms with van der Waals surface area (Å²) < 4.78 is 45.4. The van der Waals surface area contributed by atoms with E-state index in [1.807, 2.05) is 0 Å². The van der Waals surface area contributed by atoms with Gasteiger partial charge in [-0.15, -0.1) is 0 Å². The fraction of sp³-hybridized carbons (Fsp3) is 0.480. The number of aliphatic hydroxyl groups excluding tert-OH is 1. The highest BCUT2D eigenvalue weighted by atomic mass is 35.5. The maximum Gasteiger partial charge on any atom is 0.243 e. The molecule has 2 aromatic carbocycles. The molecule has 0 unspecified atom stereocenters. The number of methoxy groups -OCH3 is 1. The molecule has 37 heavy (non-hydrogen) atoms. The fourth-order valence-corrected chi connectivity index (χ4v) is 6.62. The van der Waals surface area contributed by atoms with E-state index in [9.17, 15) is 18.3 Å². The van der Waals surface area contributed by atoms with Crippen molar-refractivity contribution in [1.29, 1.82) is 0 Å². The molecule has 2 N–H and O–H groups in total. The van der Waals surface area contributed by atoms with Gasteiger partial charge in [-0.25, -0.2) is 8.42 Å². The normalized spacial score (nSPS) is 25.0. The van der Waals surface area contributed by atoms with E-state index in [1.165, 1.54) is 23.5 Å². The van der Waals surface area contributed by atoms with Gasteiger partial charge in [-0.3, -0.25) is 4.79 Å². The highest BCUT2D eigenvalue weighted by Gasteiger charge is 2.43. The number of nitrogens with zero attached hydrogens (tertiary/aromatic N) is 1. The monoisotopic (exact) mass is 572 g/mol. The van der Waals surface area contributed by atoms with Crippen molar-refractivity contribution in [2.24, 2.45) is 0 Å². The third kappa shape index (κ3) is 6.94. The molecule has 2 aliphatic rings. The van der Waals surface area contributed by atoms with E-state index < -0.39 is 34.4 Å². The van der Waals surface area contributed by atoms with Gasteiger partial charge in [-0.1, -0.05) is 29.3 Å². The Hall–Kier alpha value is -1.92. The average molecular weight is 573 g/mol. The number of carbonyl (C=O) groups is 1. The Morgan fingerprint density at radius 1 is 1.14 bits per heavy atom. The summed E-state index contributed by atoms with van der Waals surface area (Å²) in [6.07, 6.45) is -0.889. The predicted molar refractivity (Wildman–Crippen MR) is 138 cm³/mol. The number of nitrogens with one attached hydrogen (secondary N) is 1. The van der Waals surface area contributed by atoms with Gasteiger partial charge >= 0.3 is 0 Å². The number of hydrogen-bond acceptors (Lipinski definition) is 7. The minimum atomic E-state index is -3.93. The Bertz CT molecular complexity index is 1200. The summed E-state index contributed by atoms with van der Waals surface area (Å²) in [4.78, 5) is 12.7. The predicted octanol–water partition coefficient (Wildman–Crippen LogP) is 3.01. The van der Waals surface area contributed by atoms with Gasteiger partial charge in [-0.05, 0) is 54.8 Å². The zero-order chi connectivity index (χ0) is 26.6. The van der Waals surface area contributed by atoms with Gasteiger partial charge in [-0.2, -0.15) is 4.31 Å². The van der Waals surface area contributed by atoms with Crippen LogP contribution in [0.15, 0.2) is 47.4 Å². The van der Waals surface area contributed by atoms with Gasteiger partial charge in [0.25, 0.3) is 0 Å². The van der Waals surface area contributed by atoms with E-state index in [2.05, 4.69) is 5.32 Å². The van der Waals surface area contributed by atoms with Gasteiger partial charge in [0.1, 0.15) is 5.75 Å². The van der Waals surface area contributed by atoms with Gasteiger partial charge in [0.05, 0.1) is 66.0 Å². The van der Waals surface area contributed by atoms with Crippen LogP contribution in [0.5, 0.6) is 5.75 Å². The summed E-state index contributed by atoms with van der Waals surface area (Å²) in [5, 5.41) is 14.1. The van der Waals surface area contributed by atoms with Crippen LogP contribution in [0.3, 0.4) is 0 Å². The number of carbonyl (C=O) groups excluding carboxylic acids is 1. The van der Waals surface area contributed by atoms with Crippen molar-refractivity contribution >= 4 is 39.1 Å². The Morgan fingerprint density at radius 2 is 1.89 bits per heavy atom. The van der Waals surface area contributed by atoms with E-state index in [-0.39, 0.29) is 37.0 Å². The zero-order valence-electron chi connectivity index (χ0n) is 20.3. The Morgan fingerprint density at radius 3 is 2.59 bits per heavy atom. The third-order valence-electron chi connectivity index (χ3n) is 6.49. The van der Waals surface area contributed by atoms with Crippen LogP contribution in [0.2, 0.25) is 10.0 Å². The van der Waals surface area contributed by atoms with Crippen LogP contribution in [-0.2, 0) is 30.8 Å². The van der Waals surface area contributed by atoms with Crippen molar-refractivity contribution in [1.82, 2.24) is 9.62 Å². The quantitative estimate of drug-likeness (QED) is 0.524. The number of sulfonamides is 1. The van der Waals surface area contributed by atoms with Crippen LogP contribution in [0.25, 0.3) is 0 Å². The summed E-state index contributed by atoms with van der Waals surface area (Å²) in [6.45, 7) is 0.269. The molecule has 2 aromatic rings. The van der Waals surface area contributed by atoms with Crippen LogP contribution in [0.1, 0.15) is 24.8 Å². The van der Waals surface area contributed by atoms with E-state index >= 15 is 0 Å². The van der Waals surface area contributed by atoms with E-state index in [0.717, 1.165) is 5.56 Å². The average Bonchev–Trinajstić information content (AvgIpc) is 2.87. The first-order chi connectivity index (χ1) is 17.7. The molecule has 1 amide bonds. The highest BCUT2D eigenvalue weighted by Crippen LogP contribution is 2.32. The molecule has 0 bridgehead atoms. The SMILES string of the molecule is COc1ccc(S(=O)(=O)N2C[C@H](O)COC[C@H]3O[C@H](CC(=O)NCc4ccc(Cl)c(Cl)c4)CC[C@@H]32)cc1. The molecule has 2 saturated heterocycles. The standard InChI is InChI=1S/C25H30Cl2N2O7S/c1-34-18-3-6-20(7-4-18)37(32,33)29-13-17(30)14-35-15-24-23(29)9-5-19(36-24)11-25(31)28-12-16-2-8-21(26)22(27)10-16/h2-4,6-8,10,17,19,23-24,30H,5,9,11-15H2,1H3,(H,28,31)/t17-,19-,23-,24+/m0/s1. The first-order valence-corrected chi connectivity index (χ1v) is 14.1. The first-order valence-electron chi connectivity index (χ1n) is 11.9. The summed E-state index contributed by atoms with van der Waals surface area (Å²) >= 11 is 12.0. The molecular formula is C25H30Cl2N2O7S. The van der Waals surface area contributed by atoms with E-state index in [0.29, 0.717) is 35.2 Å². The van der Waals surface area contributed by atoms with E-state index in [4.69, 9.17) is 37.4 Å². The fourth-order valence-electron chi connectivity index (χ4n) is 4.58. The Balaban J connectivity index is 1.42. The third-order valence-corrected chi connectivity index (χ3v) is 9.13. The molecule has 0 radical (unpaired) electrons. The first kappa shape index (κ1) is 28.1. The van der Waals surface area contributed by atoms with Crippen molar-refractivity contribution in [3.05, 3.63) is 58.1 Å². The second kappa shape index (κ2) is 12.3. The molecule has 0 saturated carbocycles. The number of aliphatic hydroxyl groups is 1. The number of hydrogen-bond donors (Lipinski definition) is 2. The lowest BCUT2D eigenvalue weighted by Gasteiger charge is -2.43. The zero-order valence-corrected chi connectivity index (χ0v) is 22.6. The van der Waals surface area contributed by atoms with Crippen molar-refractivity contribution in [3.63, 3.8) is 0 Å². The number of halogens is 2. The van der Waals surface area contributed by atoms with Crippen molar-refractivity contribution in [2.75, 3.05) is 26.9 Å². The second-order valence-corrected chi connectivity index (χ2v) is 11.8. The molecule has 0 aromatic heterocycles. The smallest absolute Gasteiger partial charge is 0.243 e. The summed E-state index contributed by atoms with van der Waals surface area (Å²) in [5.74, 6) is 0.346. The van der Waals surface area contributed by atoms with Crippen LogP contribution < -0.4 is 10.1 Å². The number of amides is 1. The molecule has 2 aliphatic heterocycles. The molecule has 4 rings (SSSR count). The summed E-state index contributed by atoms with van der Waals surface area (Å²) in [6, 6.07) is 10.7. The van der Waals surface area contributed by atoms with Crippen molar-refractivity contribution < 1.29 is 32.5 Å². The number of benzene rings is 2. The lowest BCUT2D eigenvalue weighted by Crippen LogP contribution is -2.57. The minimum absolute atomic E-state index is 0.0178. The molecule has 2 fully saturated rings.